The Bertz CT molecular complexity index is 2660. The lowest BCUT2D eigenvalue weighted by atomic mass is 9.67. The van der Waals surface area contributed by atoms with Crippen LogP contribution in [-0.4, -0.2) is 0 Å². The maximum atomic E-state index is 2.52. The predicted molar refractivity (Wildman–Crippen MR) is 215 cm³/mol. The fourth-order valence-electron chi connectivity index (χ4n) is 8.71. The normalized spacial score (nSPS) is 12.9. The number of fused-ring (bicyclic) bond motifs is 5. The van der Waals surface area contributed by atoms with Crippen LogP contribution in [-0.2, 0) is 5.41 Å². The smallest absolute Gasteiger partial charge is 0.0622 e. The minimum absolute atomic E-state index is 0.457. The lowest BCUT2D eigenvalue weighted by Gasteiger charge is -2.34. The van der Waals surface area contributed by atoms with E-state index in [1.54, 1.807) is 0 Å². The van der Waals surface area contributed by atoms with E-state index >= 15 is 0 Å². The Morgan fingerprint density at radius 2 is 0.725 bits per heavy atom. The highest BCUT2D eigenvalue weighted by molar-refractivity contribution is 6.09. The van der Waals surface area contributed by atoms with Gasteiger partial charge in [0.15, 0.2) is 0 Å². The van der Waals surface area contributed by atoms with Crippen LogP contribution < -0.4 is 0 Å². The third-order valence-corrected chi connectivity index (χ3v) is 11.0. The molecule has 0 bridgehead atoms. The molecular weight excluding hydrogens is 613 g/mol. The quantitative estimate of drug-likeness (QED) is 0.175. The second kappa shape index (κ2) is 11.8. The highest BCUT2D eigenvalue weighted by Gasteiger charge is 2.46. The Morgan fingerprint density at radius 3 is 1.39 bits per heavy atom. The summed E-state index contributed by atoms with van der Waals surface area (Å²) in [5.41, 5.74) is 14.8. The van der Waals surface area contributed by atoms with Crippen molar-refractivity contribution in [3.05, 3.63) is 229 Å². The van der Waals surface area contributed by atoms with Crippen LogP contribution in [0, 0.1) is 0 Å². The minimum Gasteiger partial charge on any atom is -0.0622 e. The van der Waals surface area contributed by atoms with Crippen molar-refractivity contribution < 1.29 is 0 Å². The molecule has 238 valence electrons. The highest BCUT2D eigenvalue weighted by atomic mass is 14.5. The molecule has 1 aliphatic rings. The van der Waals surface area contributed by atoms with Crippen LogP contribution in [0.2, 0.25) is 0 Å². The molecule has 1 aliphatic carbocycles. The Labute approximate surface area is 298 Å². The molecule has 0 heteroatoms. The van der Waals surface area contributed by atoms with Crippen molar-refractivity contribution in [2.75, 3.05) is 0 Å². The van der Waals surface area contributed by atoms with Crippen molar-refractivity contribution in [1.82, 2.24) is 0 Å². The van der Waals surface area contributed by atoms with E-state index in [0.29, 0.717) is 0 Å². The summed E-state index contributed by atoms with van der Waals surface area (Å²) in [4.78, 5) is 0. The molecule has 0 saturated carbocycles. The van der Waals surface area contributed by atoms with Crippen LogP contribution in [0.4, 0.5) is 0 Å². The minimum atomic E-state index is -0.457. The molecule has 0 nitrogen and oxygen atoms in total. The Morgan fingerprint density at radius 1 is 0.255 bits per heavy atom. The van der Waals surface area contributed by atoms with Gasteiger partial charge in [0.25, 0.3) is 0 Å². The molecule has 0 amide bonds. The van der Waals surface area contributed by atoms with Crippen molar-refractivity contribution in [2.45, 2.75) is 5.41 Å². The van der Waals surface area contributed by atoms with Crippen LogP contribution in [0.25, 0.3) is 66.1 Å². The maximum absolute atomic E-state index is 2.52. The van der Waals surface area contributed by atoms with E-state index in [1.807, 2.05) is 0 Å². The Hall–Kier alpha value is -6.50. The summed E-state index contributed by atoms with van der Waals surface area (Å²) in [6.45, 7) is 0. The van der Waals surface area contributed by atoms with E-state index < -0.39 is 5.41 Å². The largest absolute Gasteiger partial charge is 0.0713 e. The molecule has 0 spiro atoms. The van der Waals surface area contributed by atoms with Crippen molar-refractivity contribution in [3.63, 3.8) is 0 Å². The van der Waals surface area contributed by atoms with E-state index in [9.17, 15) is 0 Å². The molecule has 0 unspecified atom stereocenters. The summed E-state index contributed by atoms with van der Waals surface area (Å²) >= 11 is 0. The summed E-state index contributed by atoms with van der Waals surface area (Å²) in [6.07, 6.45) is 0. The van der Waals surface area contributed by atoms with E-state index in [-0.39, 0.29) is 0 Å². The van der Waals surface area contributed by atoms with E-state index in [0.717, 1.165) is 0 Å². The topological polar surface area (TPSA) is 0 Å². The van der Waals surface area contributed by atoms with Crippen LogP contribution in [0.5, 0.6) is 0 Å². The highest BCUT2D eigenvalue weighted by Crippen LogP contribution is 2.57. The molecule has 0 N–H and O–H groups in total. The monoisotopic (exact) mass is 646 g/mol. The van der Waals surface area contributed by atoms with Gasteiger partial charge in [0.05, 0.1) is 5.41 Å². The fourth-order valence-corrected chi connectivity index (χ4v) is 8.71. The van der Waals surface area contributed by atoms with Crippen LogP contribution in [0.15, 0.2) is 206 Å². The average Bonchev–Trinajstić information content (AvgIpc) is 3.50. The maximum Gasteiger partial charge on any atom is 0.0713 e. The predicted octanol–water partition coefficient (Wildman–Crippen LogP) is 13.4. The first-order chi connectivity index (χ1) is 25.3. The molecule has 0 aliphatic heterocycles. The van der Waals surface area contributed by atoms with Gasteiger partial charge in [0.2, 0.25) is 0 Å². The molecule has 0 heterocycles. The first-order valence-corrected chi connectivity index (χ1v) is 17.8. The SMILES string of the molecule is c1ccc(-c2ccc(-c3ccc(-c4cccc5ccccc45)cc3)c3cc4c(cc23)-c2ccccc2C4(c2ccccc2)c2ccccc2)cc1. The zero-order valence-corrected chi connectivity index (χ0v) is 28.1. The summed E-state index contributed by atoms with van der Waals surface area (Å²) in [7, 11) is 0. The van der Waals surface area contributed by atoms with Crippen molar-refractivity contribution >= 4 is 21.5 Å². The number of rotatable bonds is 5. The molecule has 9 aromatic carbocycles. The molecule has 0 fully saturated rings. The van der Waals surface area contributed by atoms with Gasteiger partial charge in [-0.25, -0.2) is 0 Å². The first-order valence-electron chi connectivity index (χ1n) is 17.8. The third kappa shape index (κ3) is 4.54. The molecule has 0 saturated heterocycles. The zero-order chi connectivity index (χ0) is 33.8. The van der Waals surface area contributed by atoms with E-state index in [2.05, 4.69) is 206 Å². The van der Waals surface area contributed by atoms with Crippen molar-refractivity contribution in [2.24, 2.45) is 0 Å². The summed E-state index contributed by atoms with van der Waals surface area (Å²) in [5, 5.41) is 5.06. The standard InChI is InChI=1S/C51H34/c1-4-15-35(16-5-1)43-31-32-44(38-29-27-37(28-30-38)42-25-14-18-36-17-10-11-23-41(36)42)47-34-50-48(33-46(43)47)45-24-12-13-26-49(45)51(50,39-19-6-2-7-20-39)40-21-8-3-9-22-40/h1-34H. The molecular formula is C51H34. The van der Waals surface area contributed by atoms with Gasteiger partial charge in [-0.1, -0.05) is 194 Å². The summed E-state index contributed by atoms with van der Waals surface area (Å²) < 4.78 is 0. The van der Waals surface area contributed by atoms with Gasteiger partial charge in [0.1, 0.15) is 0 Å². The number of hydrogen-bond acceptors (Lipinski definition) is 0. The van der Waals surface area contributed by atoms with Crippen LogP contribution in [0.1, 0.15) is 22.3 Å². The van der Waals surface area contributed by atoms with Gasteiger partial charge in [-0.3, -0.25) is 0 Å². The number of benzene rings is 9. The fraction of sp³-hybridized carbons (Fsp3) is 0.0196. The second-order valence-electron chi connectivity index (χ2n) is 13.6. The van der Waals surface area contributed by atoms with E-state index in [4.69, 9.17) is 0 Å². The molecule has 10 rings (SSSR count). The van der Waals surface area contributed by atoms with Gasteiger partial charge in [-0.15, -0.1) is 0 Å². The average molecular weight is 647 g/mol. The van der Waals surface area contributed by atoms with Crippen molar-refractivity contribution in [3.8, 4) is 44.5 Å². The number of hydrogen-bond donors (Lipinski definition) is 0. The molecule has 0 aromatic heterocycles. The molecule has 51 heavy (non-hydrogen) atoms. The van der Waals surface area contributed by atoms with Crippen molar-refractivity contribution in [1.29, 1.82) is 0 Å². The van der Waals surface area contributed by atoms with E-state index in [1.165, 1.54) is 88.3 Å². The van der Waals surface area contributed by atoms with Crippen LogP contribution in [0.3, 0.4) is 0 Å². The molecule has 0 atom stereocenters. The summed E-state index contributed by atoms with van der Waals surface area (Å²) in [5.74, 6) is 0. The van der Waals surface area contributed by atoms with Gasteiger partial charge >= 0.3 is 0 Å². The molecule has 9 aromatic rings. The molecule has 0 radical (unpaired) electrons. The van der Waals surface area contributed by atoms with Crippen LogP contribution >= 0.6 is 0 Å². The Balaban J connectivity index is 1.26. The third-order valence-electron chi connectivity index (χ3n) is 11.0. The lowest BCUT2D eigenvalue weighted by molar-refractivity contribution is 0.769. The van der Waals surface area contributed by atoms with Gasteiger partial charge in [-0.05, 0) is 100 Å². The second-order valence-corrected chi connectivity index (χ2v) is 13.6. The van der Waals surface area contributed by atoms with Gasteiger partial charge in [-0.2, -0.15) is 0 Å². The zero-order valence-electron chi connectivity index (χ0n) is 28.1. The Kier molecular flexibility index (Phi) is 6.82. The van der Waals surface area contributed by atoms with Gasteiger partial charge in [0, 0.05) is 0 Å². The first kappa shape index (κ1) is 29.4. The summed E-state index contributed by atoms with van der Waals surface area (Å²) in [6, 6.07) is 76.1. The lowest BCUT2D eigenvalue weighted by Crippen LogP contribution is -2.28. The van der Waals surface area contributed by atoms with Gasteiger partial charge < -0.3 is 0 Å².